The SMILES string of the molecule is COC(=O)[C@@]1(N)O[C@H]([C@H]2COC(C)(C)O2)[C@H](O[Si](C)(C)C(C)(C)C)[C@H]1O[Si](C)(C)C(C)(C)C. The van der Waals surface area contributed by atoms with Crippen molar-refractivity contribution in [2.24, 2.45) is 5.73 Å². The Morgan fingerprint density at radius 3 is 1.82 bits per heavy atom. The number of methoxy groups -OCH3 is 1. The van der Waals surface area contributed by atoms with Crippen LogP contribution in [-0.2, 0) is 32.6 Å². The fourth-order valence-electron chi connectivity index (χ4n) is 3.56. The summed E-state index contributed by atoms with van der Waals surface area (Å²) in [5, 5.41) is -0.185. The molecule has 8 nitrogen and oxygen atoms in total. The summed E-state index contributed by atoms with van der Waals surface area (Å²) in [5.74, 6) is -1.45. The first-order valence-corrected chi connectivity index (χ1v) is 17.6. The maximum absolute atomic E-state index is 13.0. The molecule has 194 valence electrons. The van der Waals surface area contributed by atoms with Crippen molar-refractivity contribution in [2.45, 2.75) is 128 Å². The van der Waals surface area contributed by atoms with Crippen LogP contribution in [0.5, 0.6) is 0 Å². The van der Waals surface area contributed by atoms with E-state index in [-0.39, 0.29) is 10.1 Å². The van der Waals surface area contributed by atoms with E-state index in [1.54, 1.807) is 0 Å². The molecule has 2 heterocycles. The molecule has 0 unspecified atom stereocenters. The second kappa shape index (κ2) is 8.95. The van der Waals surface area contributed by atoms with Crippen molar-refractivity contribution >= 4 is 22.6 Å². The van der Waals surface area contributed by atoms with E-state index in [0.29, 0.717) is 6.61 Å². The van der Waals surface area contributed by atoms with Gasteiger partial charge >= 0.3 is 5.97 Å². The lowest BCUT2D eigenvalue weighted by Crippen LogP contribution is -2.63. The summed E-state index contributed by atoms with van der Waals surface area (Å²) in [6, 6.07) is 0. The van der Waals surface area contributed by atoms with Gasteiger partial charge in [-0.2, -0.15) is 0 Å². The summed E-state index contributed by atoms with van der Waals surface area (Å²) in [5.41, 5.74) is 4.87. The number of nitrogens with two attached hydrogens (primary N) is 1. The Kier molecular flexibility index (Phi) is 7.84. The van der Waals surface area contributed by atoms with Gasteiger partial charge < -0.3 is 27.8 Å². The van der Waals surface area contributed by atoms with Crippen LogP contribution in [0, 0.1) is 0 Å². The molecule has 0 aliphatic carbocycles. The molecule has 0 aromatic rings. The first-order valence-electron chi connectivity index (χ1n) is 11.8. The number of hydrogen-bond acceptors (Lipinski definition) is 8. The molecule has 2 aliphatic rings. The Bertz CT molecular complexity index is 729. The van der Waals surface area contributed by atoms with Crippen LogP contribution in [0.25, 0.3) is 0 Å². The first kappa shape index (κ1) is 28.9. The molecule has 5 atom stereocenters. The number of carbonyl (C=O) groups excluding carboxylic acids is 1. The van der Waals surface area contributed by atoms with Gasteiger partial charge in [0.05, 0.1) is 13.7 Å². The van der Waals surface area contributed by atoms with E-state index in [1.807, 2.05) is 13.8 Å². The van der Waals surface area contributed by atoms with Crippen LogP contribution in [0.2, 0.25) is 36.3 Å². The smallest absolute Gasteiger partial charge is 0.356 e. The number of ether oxygens (including phenoxy) is 4. The van der Waals surface area contributed by atoms with Crippen molar-refractivity contribution in [3.63, 3.8) is 0 Å². The first-order chi connectivity index (χ1) is 14.6. The van der Waals surface area contributed by atoms with Crippen molar-refractivity contribution < 1.29 is 32.6 Å². The molecule has 2 rings (SSSR count). The van der Waals surface area contributed by atoms with Crippen molar-refractivity contribution in [1.29, 1.82) is 0 Å². The third-order valence-electron chi connectivity index (χ3n) is 7.74. The van der Waals surface area contributed by atoms with Gasteiger partial charge in [-0.15, -0.1) is 0 Å². The zero-order chi connectivity index (χ0) is 25.8. The highest BCUT2D eigenvalue weighted by atomic mass is 28.4. The zero-order valence-electron chi connectivity index (χ0n) is 23.0. The van der Waals surface area contributed by atoms with Gasteiger partial charge in [-0.05, 0) is 50.1 Å². The molecule has 0 aromatic heterocycles. The molecule has 0 radical (unpaired) electrons. The summed E-state index contributed by atoms with van der Waals surface area (Å²) >= 11 is 0. The van der Waals surface area contributed by atoms with Crippen molar-refractivity contribution in [2.75, 3.05) is 13.7 Å². The zero-order valence-corrected chi connectivity index (χ0v) is 25.0. The maximum Gasteiger partial charge on any atom is 0.356 e. The Hall–Kier alpha value is -0.336. The molecular weight excluding hydrogens is 458 g/mol. The average Bonchev–Trinajstić information content (AvgIpc) is 3.11. The molecule has 0 bridgehead atoms. The van der Waals surface area contributed by atoms with E-state index >= 15 is 0 Å². The molecule has 2 fully saturated rings. The van der Waals surface area contributed by atoms with Gasteiger partial charge in [-0.1, -0.05) is 41.5 Å². The molecule has 2 saturated heterocycles. The largest absolute Gasteiger partial charge is 0.466 e. The van der Waals surface area contributed by atoms with Crippen LogP contribution in [0.3, 0.4) is 0 Å². The minimum absolute atomic E-state index is 0.0729. The average molecular weight is 506 g/mol. The molecule has 0 amide bonds. The van der Waals surface area contributed by atoms with Gasteiger partial charge in [0.25, 0.3) is 0 Å². The molecule has 2 N–H and O–H groups in total. The molecule has 0 spiro atoms. The number of esters is 1. The fourth-order valence-corrected chi connectivity index (χ4v) is 6.15. The van der Waals surface area contributed by atoms with E-state index in [1.165, 1.54) is 7.11 Å². The minimum Gasteiger partial charge on any atom is -0.466 e. The summed E-state index contributed by atoms with van der Waals surface area (Å²) in [6.07, 6.45) is -2.58. The lowest BCUT2D eigenvalue weighted by atomic mass is 10.0. The normalized spacial score (nSPS) is 33.4. The molecule has 10 heteroatoms. The van der Waals surface area contributed by atoms with Crippen LogP contribution in [0.15, 0.2) is 0 Å². The van der Waals surface area contributed by atoms with Gasteiger partial charge in [-0.3, -0.25) is 5.73 Å². The van der Waals surface area contributed by atoms with Crippen LogP contribution in [-0.4, -0.2) is 72.2 Å². The van der Waals surface area contributed by atoms with Crippen LogP contribution >= 0.6 is 0 Å². The van der Waals surface area contributed by atoms with Crippen LogP contribution in [0.4, 0.5) is 0 Å². The molecule has 2 aliphatic heterocycles. The summed E-state index contributed by atoms with van der Waals surface area (Å²) in [7, 11) is -3.40. The number of rotatable bonds is 6. The Morgan fingerprint density at radius 1 is 0.939 bits per heavy atom. The van der Waals surface area contributed by atoms with E-state index < -0.39 is 58.5 Å². The summed E-state index contributed by atoms with van der Waals surface area (Å²) in [6.45, 7) is 25.5. The van der Waals surface area contributed by atoms with E-state index in [0.717, 1.165) is 0 Å². The van der Waals surface area contributed by atoms with E-state index in [2.05, 4.69) is 67.7 Å². The highest BCUT2D eigenvalue weighted by molar-refractivity contribution is 6.74. The predicted molar refractivity (Wildman–Crippen MR) is 133 cm³/mol. The lowest BCUT2D eigenvalue weighted by Gasteiger charge is -2.45. The highest BCUT2D eigenvalue weighted by Crippen LogP contribution is 2.47. The third kappa shape index (κ3) is 5.74. The fraction of sp³-hybridized carbons (Fsp3) is 0.957. The second-order valence-corrected chi connectivity index (χ2v) is 22.4. The van der Waals surface area contributed by atoms with Gasteiger partial charge in [0, 0.05) is 0 Å². The van der Waals surface area contributed by atoms with Gasteiger partial charge in [0.15, 0.2) is 22.4 Å². The molecular formula is C23H47NO7Si2. The predicted octanol–water partition coefficient (Wildman–Crippen LogP) is 4.15. The lowest BCUT2D eigenvalue weighted by molar-refractivity contribution is -0.186. The summed E-state index contributed by atoms with van der Waals surface area (Å²) in [4.78, 5) is 13.0. The topological polar surface area (TPSA) is 98.5 Å². The van der Waals surface area contributed by atoms with Crippen molar-refractivity contribution in [1.82, 2.24) is 0 Å². The number of carbonyl (C=O) groups is 1. The second-order valence-electron chi connectivity index (χ2n) is 12.9. The molecule has 0 aromatic carbocycles. The maximum atomic E-state index is 13.0. The highest BCUT2D eigenvalue weighted by Gasteiger charge is 2.65. The number of hydrogen-bond donors (Lipinski definition) is 1. The van der Waals surface area contributed by atoms with Gasteiger partial charge in [-0.25, -0.2) is 4.79 Å². The molecule has 33 heavy (non-hydrogen) atoms. The van der Waals surface area contributed by atoms with Gasteiger partial charge in [0.1, 0.15) is 24.4 Å². The Labute approximate surface area is 202 Å². The quantitative estimate of drug-likeness (QED) is 0.425. The Morgan fingerprint density at radius 2 is 1.42 bits per heavy atom. The van der Waals surface area contributed by atoms with Crippen molar-refractivity contribution in [3.05, 3.63) is 0 Å². The van der Waals surface area contributed by atoms with Crippen LogP contribution in [0.1, 0.15) is 55.4 Å². The van der Waals surface area contributed by atoms with E-state index in [9.17, 15) is 4.79 Å². The third-order valence-corrected chi connectivity index (χ3v) is 16.7. The monoisotopic (exact) mass is 505 g/mol. The van der Waals surface area contributed by atoms with Crippen molar-refractivity contribution in [3.8, 4) is 0 Å². The molecule has 0 saturated carbocycles. The Balaban J connectivity index is 2.59. The summed E-state index contributed by atoms with van der Waals surface area (Å²) < 4.78 is 37.1. The van der Waals surface area contributed by atoms with E-state index in [4.69, 9.17) is 33.5 Å². The van der Waals surface area contributed by atoms with Crippen LogP contribution < -0.4 is 5.73 Å². The van der Waals surface area contributed by atoms with Gasteiger partial charge in [0.2, 0.25) is 5.72 Å². The standard InChI is InChI=1S/C23H47NO7Si2/c1-20(2,3)32(10,11)30-17-16(15-14-27-22(7,8)28-15)29-23(24,19(25)26-9)18(17)31-33(12,13)21(4,5)6/h15-18H,14,24H2,1-13H3/t15-,16-,17+,18-,23+/m1/s1. The minimum atomic E-state index is -2.38.